The number of carbonyl (C=O) groups is 2. The smallest absolute Gasteiger partial charge is 0.305 e. The molecule has 0 spiro atoms. The van der Waals surface area contributed by atoms with Crippen LogP contribution in [-0.4, -0.2) is 24.2 Å². The molecule has 14 heavy (non-hydrogen) atoms. The zero-order chi connectivity index (χ0) is 10.8. The Hall–Kier alpha value is -1.06. The number of aliphatic carboxylic acids is 1. The molecule has 0 aromatic heterocycles. The second-order valence-corrected chi connectivity index (χ2v) is 4.23. The maximum absolute atomic E-state index is 11.1. The summed E-state index contributed by atoms with van der Waals surface area (Å²) in [6.07, 6.45) is 2.31. The number of carboxylic acid groups (broad SMARTS) is 1. The summed E-state index contributed by atoms with van der Waals surface area (Å²) < 4.78 is 4.55. The van der Waals surface area contributed by atoms with Crippen LogP contribution in [0.15, 0.2) is 0 Å². The van der Waals surface area contributed by atoms with Crippen LogP contribution in [0.25, 0.3) is 0 Å². The highest BCUT2D eigenvalue weighted by atomic mass is 16.5. The van der Waals surface area contributed by atoms with E-state index >= 15 is 0 Å². The SMILES string of the molecule is COC(=O)CC(CC(=O)O)C1(C)CC1. The van der Waals surface area contributed by atoms with Crippen molar-refractivity contribution in [3.63, 3.8) is 0 Å². The molecule has 1 fully saturated rings. The van der Waals surface area contributed by atoms with Crippen LogP contribution in [0.2, 0.25) is 0 Å². The van der Waals surface area contributed by atoms with E-state index in [4.69, 9.17) is 5.11 Å². The van der Waals surface area contributed by atoms with Gasteiger partial charge >= 0.3 is 11.9 Å². The molecule has 1 rings (SSSR count). The molecule has 4 nitrogen and oxygen atoms in total. The lowest BCUT2D eigenvalue weighted by Gasteiger charge is -2.20. The van der Waals surface area contributed by atoms with Crippen molar-refractivity contribution >= 4 is 11.9 Å². The summed E-state index contributed by atoms with van der Waals surface area (Å²) in [4.78, 5) is 21.7. The minimum Gasteiger partial charge on any atom is -0.481 e. The van der Waals surface area contributed by atoms with Crippen LogP contribution in [-0.2, 0) is 14.3 Å². The minimum absolute atomic E-state index is 0.0482. The Labute approximate surface area is 83.2 Å². The van der Waals surface area contributed by atoms with Crippen LogP contribution < -0.4 is 0 Å². The van der Waals surface area contributed by atoms with E-state index in [0.29, 0.717) is 0 Å². The summed E-state index contributed by atoms with van der Waals surface area (Å²) in [5.74, 6) is -1.23. The van der Waals surface area contributed by atoms with Crippen LogP contribution in [0.3, 0.4) is 0 Å². The predicted molar refractivity (Wildman–Crippen MR) is 49.7 cm³/mol. The molecule has 0 aliphatic heterocycles. The Balaban J connectivity index is 2.53. The molecule has 0 saturated heterocycles. The van der Waals surface area contributed by atoms with E-state index in [9.17, 15) is 9.59 Å². The van der Waals surface area contributed by atoms with Gasteiger partial charge in [0.25, 0.3) is 0 Å². The lowest BCUT2D eigenvalue weighted by molar-refractivity contribution is -0.144. The molecule has 1 N–H and O–H groups in total. The van der Waals surface area contributed by atoms with Crippen LogP contribution in [0, 0.1) is 11.3 Å². The van der Waals surface area contributed by atoms with E-state index in [0.717, 1.165) is 12.8 Å². The number of esters is 1. The number of carbonyl (C=O) groups excluding carboxylic acids is 1. The van der Waals surface area contributed by atoms with Gasteiger partial charge in [0.05, 0.1) is 7.11 Å². The highest BCUT2D eigenvalue weighted by Gasteiger charge is 2.46. The third-order valence-electron chi connectivity index (χ3n) is 3.09. The first-order chi connectivity index (χ1) is 6.48. The third-order valence-corrected chi connectivity index (χ3v) is 3.09. The average Bonchev–Trinajstić information content (AvgIpc) is 2.83. The van der Waals surface area contributed by atoms with Crippen molar-refractivity contribution in [2.45, 2.75) is 32.6 Å². The van der Waals surface area contributed by atoms with Gasteiger partial charge in [-0.25, -0.2) is 0 Å². The maximum Gasteiger partial charge on any atom is 0.305 e. The summed E-state index contributed by atoms with van der Waals surface area (Å²) in [5, 5.41) is 8.71. The molecule has 0 aromatic rings. The molecule has 0 amide bonds. The molecule has 1 atom stereocenters. The second kappa shape index (κ2) is 3.98. The van der Waals surface area contributed by atoms with Crippen molar-refractivity contribution in [3.8, 4) is 0 Å². The topological polar surface area (TPSA) is 63.6 Å². The van der Waals surface area contributed by atoms with Gasteiger partial charge in [-0.15, -0.1) is 0 Å². The van der Waals surface area contributed by atoms with E-state index in [2.05, 4.69) is 4.74 Å². The Morgan fingerprint density at radius 2 is 2.00 bits per heavy atom. The van der Waals surface area contributed by atoms with Crippen molar-refractivity contribution in [2.75, 3.05) is 7.11 Å². The summed E-state index contributed by atoms with van der Waals surface area (Å²) in [6, 6.07) is 0. The highest BCUT2D eigenvalue weighted by Crippen LogP contribution is 2.53. The zero-order valence-electron chi connectivity index (χ0n) is 8.58. The van der Waals surface area contributed by atoms with Gasteiger partial charge < -0.3 is 9.84 Å². The normalized spacial score (nSPS) is 19.9. The van der Waals surface area contributed by atoms with Crippen LogP contribution in [0.1, 0.15) is 32.6 Å². The molecule has 0 aromatic carbocycles. The zero-order valence-corrected chi connectivity index (χ0v) is 8.58. The molecule has 80 valence electrons. The van der Waals surface area contributed by atoms with E-state index in [1.807, 2.05) is 6.92 Å². The van der Waals surface area contributed by atoms with Gasteiger partial charge in [0, 0.05) is 12.8 Å². The highest BCUT2D eigenvalue weighted by molar-refractivity contribution is 5.72. The molecule has 4 heteroatoms. The molecule has 0 radical (unpaired) electrons. The fourth-order valence-electron chi connectivity index (χ4n) is 1.67. The maximum atomic E-state index is 11.1. The van der Waals surface area contributed by atoms with Crippen molar-refractivity contribution in [3.05, 3.63) is 0 Å². The van der Waals surface area contributed by atoms with Gasteiger partial charge in [0.1, 0.15) is 0 Å². The molecule has 0 bridgehead atoms. The third kappa shape index (κ3) is 2.72. The second-order valence-electron chi connectivity index (χ2n) is 4.23. The first kappa shape index (κ1) is 11.0. The van der Waals surface area contributed by atoms with E-state index < -0.39 is 5.97 Å². The van der Waals surface area contributed by atoms with Crippen molar-refractivity contribution in [1.29, 1.82) is 0 Å². The molecule has 0 heterocycles. The number of hydrogen-bond acceptors (Lipinski definition) is 3. The Morgan fingerprint density at radius 3 is 2.36 bits per heavy atom. The molecular formula is C10H16O4. The molecule has 1 saturated carbocycles. The summed E-state index contributed by atoms with van der Waals surface area (Å²) >= 11 is 0. The lowest BCUT2D eigenvalue weighted by atomic mass is 9.85. The van der Waals surface area contributed by atoms with E-state index in [-0.39, 0.29) is 30.1 Å². The van der Waals surface area contributed by atoms with E-state index in [1.165, 1.54) is 7.11 Å². The fourth-order valence-corrected chi connectivity index (χ4v) is 1.67. The first-order valence-corrected chi connectivity index (χ1v) is 4.76. The van der Waals surface area contributed by atoms with Gasteiger partial charge in [0.15, 0.2) is 0 Å². The summed E-state index contributed by atoms with van der Waals surface area (Å²) in [6.45, 7) is 2.03. The molecule has 1 unspecified atom stereocenters. The number of ether oxygens (including phenoxy) is 1. The van der Waals surface area contributed by atoms with Crippen molar-refractivity contribution in [1.82, 2.24) is 0 Å². The monoisotopic (exact) mass is 200 g/mol. The fraction of sp³-hybridized carbons (Fsp3) is 0.800. The van der Waals surface area contributed by atoms with Crippen molar-refractivity contribution in [2.24, 2.45) is 11.3 Å². The van der Waals surface area contributed by atoms with Crippen LogP contribution in [0.4, 0.5) is 0 Å². The number of hydrogen-bond donors (Lipinski definition) is 1. The Morgan fingerprint density at radius 1 is 1.43 bits per heavy atom. The standard InChI is InChI=1S/C10H16O4/c1-10(3-4-10)7(5-8(11)12)6-9(13)14-2/h7H,3-6H2,1-2H3,(H,11,12). The van der Waals surface area contributed by atoms with Crippen LogP contribution in [0.5, 0.6) is 0 Å². The minimum atomic E-state index is -0.841. The number of rotatable bonds is 5. The average molecular weight is 200 g/mol. The van der Waals surface area contributed by atoms with E-state index in [1.54, 1.807) is 0 Å². The Bertz CT molecular complexity index is 243. The summed E-state index contributed by atoms with van der Waals surface area (Å²) in [7, 11) is 1.33. The molecule has 1 aliphatic carbocycles. The molecule has 1 aliphatic rings. The van der Waals surface area contributed by atoms with Gasteiger partial charge in [-0.1, -0.05) is 6.92 Å². The first-order valence-electron chi connectivity index (χ1n) is 4.76. The summed E-state index contributed by atoms with van der Waals surface area (Å²) in [5.41, 5.74) is 0.0482. The van der Waals surface area contributed by atoms with Gasteiger partial charge in [-0.2, -0.15) is 0 Å². The lowest BCUT2D eigenvalue weighted by Crippen LogP contribution is -2.21. The predicted octanol–water partition coefficient (Wildman–Crippen LogP) is 1.44. The quantitative estimate of drug-likeness (QED) is 0.682. The Kier molecular flexibility index (Phi) is 3.13. The largest absolute Gasteiger partial charge is 0.481 e. The van der Waals surface area contributed by atoms with Gasteiger partial charge in [-0.05, 0) is 24.2 Å². The van der Waals surface area contributed by atoms with Crippen molar-refractivity contribution < 1.29 is 19.4 Å². The van der Waals surface area contributed by atoms with Gasteiger partial charge in [0.2, 0.25) is 0 Å². The van der Waals surface area contributed by atoms with Gasteiger partial charge in [-0.3, -0.25) is 9.59 Å². The molecular weight excluding hydrogens is 184 g/mol. The number of methoxy groups -OCH3 is 1. The number of carboxylic acids is 1. The van der Waals surface area contributed by atoms with Crippen LogP contribution >= 0.6 is 0 Å².